The van der Waals surface area contributed by atoms with E-state index in [-0.39, 0.29) is 21.9 Å². The van der Waals surface area contributed by atoms with Crippen LogP contribution in [0.2, 0.25) is 0 Å². The minimum Gasteiger partial charge on any atom is -0.345 e. The van der Waals surface area contributed by atoms with E-state index < -0.39 is 15.7 Å². The molecule has 0 radical (unpaired) electrons. The summed E-state index contributed by atoms with van der Waals surface area (Å²) in [6.07, 6.45) is 1.25. The third-order valence-electron chi connectivity index (χ3n) is 2.34. The Morgan fingerprint density at radius 1 is 1.50 bits per heavy atom. The van der Waals surface area contributed by atoms with Gasteiger partial charge in [0.15, 0.2) is 15.5 Å². The maximum atomic E-state index is 12.0. The lowest BCUT2D eigenvalue weighted by atomic mass is 10.2. The van der Waals surface area contributed by atoms with E-state index in [1.165, 1.54) is 38.2 Å². The van der Waals surface area contributed by atoms with Gasteiger partial charge in [0, 0.05) is 20.3 Å². The number of carbonyl (C=O) groups excluding carboxylic acids is 1. The van der Waals surface area contributed by atoms with Crippen LogP contribution in [-0.2, 0) is 9.84 Å². The van der Waals surface area contributed by atoms with Crippen LogP contribution in [0.15, 0.2) is 17.2 Å². The van der Waals surface area contributed by atoms with Crippen LogP contribution in [0.5, 0.6) is 0 Å². The number of hydrogen-bond acceptors (Lipinski definition) is 5. The molecular formula is C11H13N3O3S. The lowest BCUT2D eigenvalue weighted by Gasteiger charge is -2.14. The van der Waals surface area contributed by atoms with Crippen molar-refractivity contribution < 1.29 is 13.2 Å². The molecule has 0 spiro atoms. The molecular weight excluding hydrogens is 254 g/mol. The SMILES string of the molecule is CCS(=O)(=O)c1c(C(=O)N(C)C)ccnc1C#N. The molecule has 0 fully saturated rings. The van der Waals surface area contributed by atoms with Crippen LogP contribution < -0.4 is 0 Å². The molecule has 0 saturated carbocycles. The summed E-state index contributed by atoms with van der Waals surface area (Å²) in [5, 5.41) is 8.92. The van der Waals surface area contributed by atoms with Crippen molar-refractivity contribution in [1.82, 2.24) is 9.88 Å². The van der Waals surface area contributed by atoms with Crippen LogP contribution in [0.1, 0.15) is 23.0 Å². The van der Waals surface area contributed by atoms with Gasteiger partial charge >= 0.3 is 0 Å². The quantitative estimate of drug-likeness (QED) is 0.793. The number of carbonyl (C=O) groups is 1. The predicted molar refractivity (Wildman–Crippen MR) is 64.7 cm³/mol. The molecule has 0 saturated heterocycles. The highest BCUT2D eigenvalue weighted by atomic mass is 32.2. The molecule has 0 unspecified atom stereocenters. The average molecular weight is 267 g/mol. The normalized spacial score (nSPS) is 10.8. The molecule has 1 aromatic rings. The number of pyridine rings is 1. The van der Waals surface area contributed by atoms with E-state index >= 15 is 0 Å². The minimum absolute atomic E-state index is 0.0200. The van der Waals surface area contributed by atoms with E-state index in [2.05, 4.69) is 4.98 Å². The Morgan fingerprint density at radius 3 is 2.56 bits per heavy atom. The first kappa shape index (κ1) is 14.1. The van der Waals surface area contributed by atoms with Crippen LogP contribution in [0.4, 0.5) is 0 Å². The standard InChI is InChI=1S/C11H13N3O3S/c1-4-18(16,17)10-8(11(15)14(2)3)5-6-13-9(10)7-12/h5-6H,4H2,1-3H3. The summed E-state index contributed by atoms with van der Waals surface area (Å²) in [7, 11) is -0.661. The lowest BCUT2D eigenvalue weighted by molar-refractivity contribution is 0.0823. The fraction of sp³-hybridized carbons (Fsp3) is 0.364. The summed E-state index contributed by atoms with van der Waals surface area (Å²) in [6, 6.07) is 3.02. The predicted octanol–water partition coefficient (Wildman–Crippen LogP) is 0.449. The summed E-state index contributed by atoms with van der Waals surface area (Å²) in [5.41, 5.74) is -0.266. The Balaban J connectivity index is 3.66. The maximum absolute atomic E-state index is 12.0. The highest BCUT2D eigenvalue weighted by Gasteiger charge is 2.26. The first-order chi connectivity index (χ1) is 8.35. The van der Waals surface area contributed by atoms with Crippen molar-refractivity contribution in [3.05, 3.63) is 23.5 Å². The maximum Gasteiger partial charge on any atom is 0.254 e. The first-order valence-electron chi connectivity index (χ1n) is 5.18. The van der Waals surface area contributed by atoms with Crippen LogP contribution in [0.3, 0.4) is 0 Å². The van der Waals surface area contributed by atoms with E-state index in [0.29, 0.717) is 0 Å². The van der Waals surface area contributed by atoms with Crippen molar-refractivity contribution in [3.8, 4) is 6.07 Å². The molecule has 0 aromatic carbocycles. The van der Waals surface area contributed by atoms with E-state index in [1.807, 2.05) is 0 Å². The zero-order valence-electron chi connectivity index (χ0n) is 10.3. The highest BCUT2D eigenvalue weighted by Crippen LogP contribution is 2.21. The second-order valence-corrected chi connectivity index (χ2v) is 5.97. The molecule has 0 aliphatic heterocycles. The van der Waals surface area contributed by atoms with Gasteiger partial charge in [0.2, 0.25) is 0 Å². The molecule has 18 heavy (non-hydrogen) atoms. The average Bonchev–Trinajstić information content (AvgIpc) is 2.36. The molecule has 1 amide bonds. The van der Waals surface area contributed by atoms with Crippen LogP contribution in [0.25, 0.3) is 0 Å². The van der Waals surface area contributed by atoms with Gasteiger partial charge in [0.05, 0.1) is 11.3 Å². The van der Waals surface area contributed by atoms with E-state index in [4.69, 9.17) is 5.26 Å². The van der Waals surface area contributed by atoms with Crippen molar-refractivity contribution in [3.63, 3.8) is 0 Å². The number of hydrogen-bond donors (Lipinski definition) is 0. The number of aromatic nitrogens is 1. The van der Waals surface area contributed by atoms with Gasteiger partial charge in [0.25, 0.3) is 5.91 Å². The monoisotopic (exact) mass is 267 g/mol. The van der Waals surface area contributed by atoms with Crippen molar-refractivity contribution in [2.45, 2.75) is 11.8 Å². The topological polar surface area (TPSA) is 91.1 Å². The van der Waals surface area contributed by atoms with E-state index in [0.717, 1.165) is 0 Å². The molecule has 0 N–H and O–H groups in total. The summed E-state index contributed by atoms with van der Waals surface area (Å²) in [5.74, 6) is -0.665. The Bertz CT molecular complexity index is 615. The fourth-order valence-electron chi connectivity index (χ4n) is 1.40. The van der Waals surface area contributed by atoms with Gasteiger partial charge < -0.3 is 4.90 Å². The second-order valence-electron chi connectivity index (χ2n) is 3.75. The Morgan fingerprint density at radius 2 is 2.11 bits per heavy atom. The van der Waals surface area contributed by atoms with E-state index in [9.17, 15) is 13.2 Å². The number of nitriles is 1. The molecule has 1 heterocycles. The zero-order valence-corrected chi connectivity index (χ0v) is 11.2. The van der Waals surface area contributed by atoms with Gasteiger partial charge in [-0.15, -0.1) is 0 Å². The van der Waals surface area contributed by atoms with E-state index in [1.54, 1.807) is 6.07 Å². The molecule has 96 valence electrons. The number of sulfone groups is 1. The molecule has 6 nitrogen and oxygen atoms in total. The summed E-state index contributed by atoms with van der Waals surface area (Å²) >= 11 is 0. The Kier molecular flexibility index (Phi) is 4.03. The molecule has 0 atom stereocenters. The first-order valence-corrected chi connectivity index (χ1v) is 6.84. The van der Waals surface area contributed by atoms with Gasteiger partial charge in [-0.3, -0.25) is 4.79 Å². The Hall–Kier alpha value is -1.94. The van der Waals surface area contributed by atoms with Gasteiger partial charge in [-0.05, 0) is 6.07 Å². The molecule has 7 heteroatoms. The summed E-state index contributed by atoms with van der Waals surface area (Å²) in [6.45, 7) is 1.45. The van der Waals surface area contributed by atoms with Gasteiger partial charge in [-0.1, -0.05) is 6.92 Å². The molecule has 1 rings (SSSR count). The van der Waals surface area contributed by atoms with Gasteiger partial charge in [-0.2, -0.15) is 5.26 Å². The molecule has 0 aliphatic rings. The number of amides is 1. The van der Waals surface area contributed by atoms with Crippen LogP contribution in [-0.4, -0.2) is 44.1 Å². The number of nitrogens with zero attached hydrogens (tertiary/aromatic N) is 3. The fourth-order valence-corrected chi connectivity index (χ4v) is 2.57. The molecule has 0 aliphatic carbocycles. The zero-order chi connectivity index (χ0) is 13.9. The van der Waals surface area contributed by atoms with Crippen molar-refractivity contribution in [1.29, 1.82) is 5.26 Å². The summed E-state index contributed by atoms with van der Waals surface area (Å²) in [4.78, 5) is 16.6. The minimum atomic E-state index is -3.68. The third-order valence-corrected chi connectivity index (χ3v) is 4.13. The Labute approximate surface area is 106 Å². The van der Waals surface area contributed by atoms with Gasteiger partial charge in [0.1, 0.15) is 11.0 Å². The van der Waals surface area contributed by atoms with Crippen LogP contribution in [0, 0.1) is 11.3 Å². The van der Waals surface area contributed by atoms with Crippen LogP contribution >= 0.6 is 0 Å². The second kappa shape index (κ2) is 5.14. The molecule has 1 aromatic heterocycles. The number of rotatable bonds is 3. The van der Waals surface area contributed by atoms with Crippen molar-refractivity contribution in [2.24, 2.45) is 0 Å². The molecule has 0 bridgehead atoms. The smallest absolute Gasteiger partial charge is 0.254 e. The summed E-state index contributed by atoms with van der Waals surface area (Å²) < 4.78 is 23.9. The van der Waals surface area contributed by atoms with Crippen molar-refractivity contribution in [2.75, 3.05) is 19.8 Å². The van der Waals surface area contributed by atoms with Crippen molar-refractivity contribution >= 4 is 15.7 Å². The lowest BCUT2D eigenvalue weighted by Crippen LogP contribution is -2.25. The highest BCUT2D eigenvalue weighted by molar-refractivity contribution is 7.91. The third kappa shape index (κ3) is 2.49. The van der Waals surface area contributed by atoms with Gasteiger partial charge in [-0.25, -0.2) is 13.4 Å². The largest absolute Gasteiger partial charge is 0.345 e.